The maximum Gasteiger partial charge on any atom is 0.348 e. The van der Waals surface area contributed by atoms with E-state index in [1.165, 1.54) is 11.3 Å². The molecule has 2 N–H and O–H groups in total. The Hall–Kier alpha value is -2.23. The Kier molecular flexibility index (Phi) is 7.11. The molecule has 1 aromatic carbocycles. The Morgan fingerprint density at radius 3 is 2.41 bits per heavy atom. The summed E-state index contributed by atoms with van der Waals surface area (Å²) in [4.78, 5) is 25.3. The molecule has 146 valence electrons. The molecule has 1 amide bonds. The zero-order valence-corrected chi connectivity index (χ0v) is 17.0. The molecule has 1 aromatic heterocycles. The van der Waals surface area contributed by atoms with Crippen molar-refractivity contribution in [2.24, 2.45) is 0 Å². The van der Waals surface area contributed by atoms with Gasteiger partial charge in [0, 0.05) is 17.1 Å². The van der Waals surface area contributed by atoms with Crippen LogP contribution in [0.15, 0.2) is 30.3 Å². The molecule has 0 aliphatic rings. The Bertz CT molecular complexity index is 915. The molecule has 0 radical (unpaired) electrons. The second kappa shape index (κ2) is 9.12. The number of carbonyl (C=O) groups excluding carboxylic acids is 2. The molecule has 0 spiro atoms. The van der Waals surface area contributed by atoms with Crippen LogP contribution in [-0.2, 0) is 26.0 Å². The van der Waals surface area contributed by atoms with Gasteiger partial charge in [0.05, 0.1) is 6.26 Å². The fraction of sp³-hybridized carbons (Fsp3) is 0.333. The number of nitrogens with one attached hydrogen (secondary N) is 2. The number of benzene rings is 1. The molecule has 9 heteroatoms. The van der Waals surface area contributed by atoms with Crippen molar-refractivity contribution in [2.75, 3.05) is 24.7 Å². The van der Waals surface area contributed by atoms with Gasteiger partial charge in [-0.1, -0.05) is 18.2 Å². The summed E-state index contributed by atoms with van der Waals surface area (Å²) in [6.45, 7) is 3.66. The van der Waals surface area contributed by atoms with Crippen LogP contribution in [0.5, 0.6) is 0 Å². The molecule has 0 bridgehead atoms. The summed E-state index contributed by atoms with van der Waals surface area (Å²) >= 11 is 1.21. The molecular formula is C18H22N2O5S2. The fourth-order valence-electron chi connectivity index (χ4n) is 2.37. The number of hydrogen-bond acceptors (Lipinski definition) is 6. The summed E-state index contributed by atoms with van der Waals surface area (Å²) < 4.78 is 29.5. The number of aryl methyl sites for hydroxylation is 2. The van der Waals surface area contributed by atoms with E-state index < -0.39 is 21.9 Å². The fourth-order valence-corrected chi connectivity index (χ4v) is 3.74. The number of ether oxygens (including phenoxy) is 1. The van der Waals surface area contributed by atoms with Crippen LogP contribution in [0.25, 0.3) is 0 Å². The van der Waals surface area contributed by atoms with Crippen molar-refractivity contribution in [3.8, 4) is 0 Å². The van der Waals surface area contributed by atoms with Gasteiger partial charge in [-0.25, -0.2) is 17.9 Å². The Balaban J connectivity index is 1.84. The van der Waals surface area contributed by atoms with Crippen molar-refractivity contribution in [3.63, 3.8) is 0 Å². The summed E-state index contributed by atoms with van der Waals surface area (Å²) in [5, 5.41) is 2.75. The van der Waals surface area contributed by atoms with Crippen LogP contribution in [-0.4, -0.2) is 39.7 Å². The van der Waals surface area contributed by atoms with Gasteiger partial charge in [0.2, 0.25) is 10.0 Å². The Morgan fingerprint density at radius 1 is 1.11 bits per heavy atom. The summed E-state index contributed by atoms with van der Waals surface area (Å²) in [7, 11) is -3.24. The van der Waals surface area contributed by atoms with Crippen LogP contribution < -0.4 is 10.0 Å². The van der Waals surface area contributed by atoms with Crippen LogP contribution in [0.3, 0.4) is 0 Å². The summed E-state index contributed by atoms with van der Waals surface area (Å²) in [5.41, 5.74) is 2.58. The van der Waals surface area contributed by atoms with E-state index in [1.54, 1.807) is 12.1 Å². The minimum Gasteiger partial charge on any atom is -0.451 e. The highest BCUT2D eigenvalue weighted by molar-refractivity contribution is 7.88. The SMILES string of the molecule is Cc1cccc(C)c1NC(=O)COC(=O)c1ccc(CCNS(C)(=O)=O)s1. The molecule has 27 heavy (non-hydrogen) atoms. The molecular weight excluding hydrogens is 388 g/mol. The largest absolute Gasteiger partial charge is 0.451 e. The van der Waals surface area contributed by atoms with E-state index in [4.69, 9.17) is 4.74 Å². The minimum absolute atomic E-state index is 0.256. The van der Waals surface area contributed by atoms with Crippen LogP contribution in [0.1, 0.15) is 25.7 Å². The summed E-state index contributed by atoms with van der Waals surface area (Å²) in [5.74, 6) is -0.992. The molecule has 0 saturated heterocycles. The highest BCUT2D eigenvalue weighted by atomic mass is 32.2. The van der Waals surface area contributed by atoms with Crippen molar-refractivity contribution < 1.29 is 22.7 Å². The van der Waals surface area contributed by atoms with E-state index in [2.05, 4.69) is 10.0 Å². The molecule has 0 aliphatic heterocycles. The number of carbonyl (C=O) groups is 2. The average Bonchev–Trinajstić information content (AvgIpc) is 3.04. The number of para-hydroxylation sites is 1. The van der Waals surface area contributed by atoms with Gasteiger partial charge < -0.3 is 10.1 Å². The van der Waals surface area contributed by atoms with Crippen molar-refractivity contribution >= 4 is 38.9 Å². The smallest absolute Gasteiger partial charge is 0.348 e. The molecule has 0 saturated carbocycles. The monoisotopic (exact) mass is 410 g/mol. The van der Waals surface area contributed by atoms with E-state index in [1.807, 2.05) is 32.0 Å². The third-order valence-corrected chi connectivity index (χ3v) is 5.53. The number of sulfonamides is 1. The second-order valence-electron chi connectivity index (χ2n) is 6.07. The lowest BCUT2D eigenvalue weighted by molar-refractivity contribution is -0.119. The Labute approximate surface area is 162 Å². The predicted octanol–water partition coefficient (Wildman–Crippen LogP) is 2.25. The van der Waals surface area contributed by atoms with Gasteiger partial charge in [-0.15, -0.1) is 11.3 Å². The summed E-state index contributed by atoms with van der Waals surface area (Å²) in [6.07, 6.45) is 1.56. The highest BCUT2D eigenvalue weighted by Crippen LogP contribution is 2.20. The normalized spacial score (nSPS) is 11.2. The number of amides is 1. The predicted molar refractivity (Wildman–Crippen MR) is 106 cm³/mol. The molecule has 0 unspecified atom stereocenters. The zero-order valence-electron chi connectivity index (χ0n) is 15.4. The topological polar surface area (TPSA) is 102 Å². The third-order valence-electron chi connectivity index (χ3n) is 3.68. The molecule has 0 aliphatic carbocycles. The first-order chi connectivity index (χ1) is 12.7. The van der Waals surface area contributed by atoms with Gasteiger partial charge in [0.15, 0.2) is 6.61 Å². The number of thiophene rings is 1. The Morgan fingerprint density at radius 2 is 1.78 bits per heavy atom. The van der Waals surface area contributed by atoms with E-state index in [0.717, 1.165) is 27.9 Å². The summed E-state index contributed by atoms with van der Waals surface area (Å²) in [6, 6.07) is 9.02. The van der Waals surface area contributed by atoms with Gasteiger partial charge >= 0.3 is 5.97 Å². The van der Waals surface area contributed by atoms with Gasteiger partial charge in [0.1, 0.15) is 4.88 Å². The lowest BCUT2D eigenvalue weighted by Crippen LogP contribution is -2.24. The lowest BCUT2D eigenvalue weighted by atomic mass is 10.1. The van der Waals surface area contributed by atoms with Gasteiger partial charge in [-0.05, 0) is 43.5 Å². The lowest BCUT2D eigenvalue weighted by Gasteiger charge is -2.11. The number of esters is 1. The molecule has 7 nitrogen and oxygen atoms in total. The van der Waals surface area contributed by atoms with Crippen LogP contribution in [0.2, 0.25) is 0 Å². The molecule has 0 fully saturated rings. The maximum absolute atomic E-state index is 12.1. The molecule has 2 aromatic rings. The molecule has 2 rings (SSSR count). The number of rotatable bonds is 8. The minimum atomic E-state index is -3.24. The van der Waals surface area contributed by atoms with Crippen molar-refractivity contribution in [1.29, 1.82) is 0 Å². The first-order valence-corrected chi connectivity index (χ1v) is 10.9. The number of anilines is 1. The van der Waals surface area contributed by atoms with E-state index in [0.29, 0.717) is 11.3 Å². The van der Waals surface area contributed by atoms with Gasteiger partial charge in [0.25, 0.3) is 5.91 Å². The van der Waals surface area contributed by atoms with Crippen LogP contribution in [0, 0.1) is 13.8 Å². The maximum atomic E-state index is 12.1. The highest BCUT2D eigenvalue weighted by Gasteiger charge is 2.14. The van der Waals surface area contributed by atoms with E-state index in [9.17, 15) is 18.0 Å². The zero-order chi connectivity index (χ0) is 20.0. The molecule has 1 heterocycles. The average molecular weight is 411 g/mol. The van der Waals surface area contributed by atoms with Crippen molar-refractivity contribution in [1.82, 2.24) is 4.72 Å². The number of hydrogen-bond donors (Lipinski definition) is 2. The quantitative estimate of drug-likeness (QED) is 0.650. The van der Waals surface area contributed by atoms with Gasteiger partial charge in [-0.3, -0.25) is 4.79 Å². The second-order valence-corrected chi connectivity index (χ2v) is 9.07. The van der Waals surface area contributed by atoms with Gasteiger partial charge in [-0.2, -0.15) is 0 Å². The van der Waals surface area contributed by atoms with E-state index in [-0.39, 0.29) is 13.2 Å². The van der Waals surface area contributed by atoms with E-state index >= 15 is 0 Å². The third kappa shape index (κ3) is 6.78. The first kappa shape index (κ1) is 21.1. The van der Waals surface area contributed by atoms with Crippen LogP contribution in [0.4, 0.5) is 5.69 Å². The standard InChI is InChI=1S/C18H22N2O5S2/c1-12-5-4-6-13(2)17(12)20-16(21)11-25-18(22)15-8-7-14(26-15)9-10-19-27(3,23)24/h4-8,19H,9-11H2,1-3H3,(H,20,21). The first-order valence-electron chi connectivity index (χ1n) is 8.22. The molecule has 0 atom stereocenters. The van der Waals surface area contributed by atoms with Crippen molar-refractivity contribution in [3.05, 3.63) is 51.2 Å². The van der Waals surface area contributed by atoms with Crippen LogP contribution >= 0.6 is 11.3 Å². The van der Waals surface area contributed by atoms with Crippen molar-refractivity contribution in [2.45, 2.75) is 20.3 Å².